The summed E-state index contributed by atoms with van der Waals surface area (Å²) >= 11 is 11.9. The van der Waals surface area contributed by atoms with Gasteiger partial charge in [-0.2, -0.15) is 0 Å². The highest BCUT2D eigenvalue weighted by atomic mass is 35.5. The van der Waals surface area contributed by atoms with Gasteiger partial charge in [-0.05, 0) is 30.2 Å². The van der Waals surface area contributed by atoms with Gasteiger partial charge in [0.25, 0.3) is 0 Å². The average Bonchev–Trinajstić information content (AvgIpc) is 2.83. The zero-order valence-corrected chi connectivity index (χ0v) is 12.8. The first-order valence-corrected chi connectivity index (χ1v) is 7.64. The molecule has 3 aromatic heterocycles. The Bertz CT molecular complexity index is 740. The number of halogens is 2. The van der Waals surface area contributed by atoms with E-state index in [1.54, 1.807) is 18.6 Å². The van der Waals surface area contributed by atoms with Gasteiger partial charge in [-0.3, -0.25) is 4.98 Å². The third-order valence-corrected chi connectivity index (χ3v) is 3.72. The zero-order chi connectivity index (χ0) is 14.7. The molecule has 3 rings (SSSR count). The molecule has 108 valence electrons. The second-order valence-electron chi connectivity index (χ2n) is 4.72. The van der Waals surface area contributed by atoms with Gasteiger partial charge in [0.15, 0.2) is 5.65 Å². The van der Waals surface area contributed by atoms with E-state index in [1.165, 1.54) is 5.56 Å². The summed E-state index contributed by atoms with van der Waals surface area (Å²) in [6.07, 6.45) is 6.87. The number of hydrogen-bond donors (Lipinski definition) is 0. The minimum Gasteiger partial charge on any atom is -0.312 e. The van der Waals surface area contributed by atoms with E-state index >= 15 is 0 Å². The van der Waals surface area contributed by atoms with Crippen LogP contribution in [0, 0.1) is 0 Å². The lowest BCUT2D eigenvalue weighted by Crippen LogP contribution is -2.07. The highest BCUT2D eigenvalue weighted by molar-refractivity contribution is 6.31. The molecule has 0 aromatic carbocycles. The summed E-state index contributed by atoms with van der Waals surface area (Å²) in [5.74, 6) is 1.48. The van der Waals surface area contributed by atoms with Crippen LogP contribution in [0.25, 0.3) is 11.2 Å². The van der Waals surface area contributed by atoms with Gasteiger partial charge in [0.1, 0.15) is 11.3 Å². The number of rotatable bonds is 5. The largest absolute Gasteiger partial charge is 0.312 e. The molecule has 0 atom stereocenters. The lowest BCUT2D eigenvalue weighted by molar-refractivity contribution is 0.669. The van der Waals surface area contributed by atoms with E-state index in [9.17, 15) is 0 Å². The van der Waals surface area contributed by atoms with Crippen molar-refractivity contribution in [1.82, 2.24) is 19.5 Å². The van der Waals surface area contributed by atoms with Gasteiger partial charge in [0.05, 0.1) is 5.02 Å². The van der Waals surface area contributed by atoms with E-state index in [4.69, 9.17) is 23.2 Å². The fourth-order valence-corrected chi connectivity index (χ4v) is 2.66. The standard InChI is InChI=1S/C15H14Cl2N4/c16-5-1-14-20-13-9-12(17)10-19-15(13)21(14)8-4-11-2-6-18-7-3-11/h2-3,6-7,9-10H,1,4-5,8H2. The van der Waals surface area contributed by atoms with Gasteiger partial charge >= 0.3 is 0 Å². The van der Waals surface area contributed by atoms with Gasteiger partial charge in [-0.25, -0.2) is 9.97 Å². The van der Waals surface area contributed by atoms with Crippen LogP contribution in [-0.4, -0.2) is 25.4 Å². The predicted molar refractivity (Wildman–Crippen MR) is 84.9 cm³/mol. The smallest absolute Gasteiger partial charge is 0.160 e. The molecule has 0 saturated heterocycles. The van der Waals surface area contributed by atoms with Crippen molar-refractivity contribution in [2.24, 2.45) is 0 Å². The first-order valence-electron chi connectivity index (χ1n) is 6.73. The summed E-state index contributed by atoms with van der Waals surface area (Å²) in [6.45, 7) is 0.807. The van der Waals surface area contributed by atoms with Crippen molar-refractivity contribution in [2.45, 2.75) is 19.4 Å². The molecule has 0 amide bonds. The third-order valence-electron chi connectivity index (χ3n) is 3.32. The number of hydrogen-bond acceptors (Lipinski definition) is 3. The van der Waals surface area contributed by atoms with Crippen LogP contribution in [0.4, 0.5) is 0 Å². The van der Waals surface area contributed by atoms with Crippen LogP contribution >= 0.6 is 23.2 Å². The van der Waals surface area contributed by atoms with Crippen LogP contribution in [0.1, 0.15) is 11.4 Å². The topological polar surface area (TPSA) is 43.6 Å². The molecule has 0 bridgehead atoms. The summed E-state index contributed by atoms with van der Waals surface area (Å²) in [6, 6.07) is 5.87. The van der Waals surface area contributed by atoms with Gasteiger partial charge in [0.2, 0.25) is 0 Å². The second kappa shape index (κ2) is 6.41. The number of pyridine rings is 2. The van der Waals surface area contributed by atoms with Crippen LogP contribution in [0.2, 0.25) is 5.02 Å². The normalized spacial score (nSPS) is 11.1. The molecular weight excluding hydrogens is 307 g/mol. The van der Waals surface area contributed by atoms with E-state index in [0.717, 1.165) is 30.0 Å². The maximum atomic E-state index is 5.99. The maximum absolute atomic E-state index is 5.99. The van der Waals surface area contributed by atoms with E-state index in [-0.39, 0.29) is 0 Å². The van der Waals surface area contributed by atoms with Crippen molar-refractivity contribution >= 4 is 34.4 Å². The Kier molecular flexibility index (Phi) is 4.36. The molecule has 3 heterocycles. The Morgan fingerprint density at radius 2 is 1.95 bits per heavy atom. The van der Waals surface area contributed by atoms with Crippen molar-refractivity contribution in [2.75, 3.05) is 5.88 Å². The number of aryl methyl sites for hydroxylation is 3. The van der Waals surface area contributed by atoms with Crippen molar-refractivity contribution in [3.63, 3.8) is 0 Å². The highest BCUT2D eigenvalue weighted by Crippen LogP contribution is 2.19. The predicted octanol–water partition coefficient (Wildman–Crippen LogP) is 3.50. The average molecular weight is 321 g/mol. The molecule has 4 nitrogen and oxygen atoms in total. The number of alkyl halides is 1. The number of imidazole rings is 1. The zero-order valence-electron chi connectivity index (χ0n) is 11.3. The number of nitrogens with zero attached hydrogens (tertiary/aromatic N) is 4. The summed E-state index contributed by atoms with van der Waals surface area (Å²) in [5, 5.41) is 0.596. The molecule has 21 heavy (non-hydrogen) atoms. The van der Waals surface area contributed by atoms with E-state index in [2.05, 4.69) is 19.5 Å². The SMILES string of the molecule is ClCCc1nc2cc(Cl)cnc2n1CCc1ccncc1. The Morgan fingerprint density at radius 1 is 1.14 bits per heavy atom. The van der Waals surface area contributed by atoms with Crippen molar-refractivity contribution < 1.29 is 0 Å². The molecule has 0 spiro atoms. The number of fused-ring (bicyclic) bond motifs is 1. The van der Waals surface area contributed by atoms with Crippen LogP contribution in [-0.2, 0) is 19.4 Å². The molecule has 0 saturated carbocycles. The van der Waals surface area contributed by atoms with Crippen LogP contribution in [0.15, 0.2) is 36.8 Å². The summed E-state index contributed by atoms with van der Waals surface area (Å²) in [7, 11) is 0. The molecule has 0 fully saturated rings. The van der Waals surface area contributed by atoms with E-state index < -0.39 is 0 Å². The molecule has 0 aliphatic carbocycles. The van der Waals surface area contributed by atoms with E-state index in [0.29, 0.717) is 17.3 Å². The molecule has 0 aliphatic heterocycles. The quantitative estimate of drug-likeness (QED) is 0.676. The lowest BCUT2D eigenvalue weighted by Gasteiger charge is -2.08. The molecule has 0 aliphatic rings. The van der Waals surface area contributed by atoms with Crippen LogP contribution < -0.4 is 0 Å². The minimum absolute atomic E-state index is 0.534. The summed E-state index contributed by atoms with van der Waals surface area (Å²) in [4.78, 5) is 13.0. The summed E-state index contributed by atoms with van der Waals surface area (Å²) < 4.78 is 2.12. The van der Waals surface area contributed by atoms with Gasteiger partial charge in [-0.15, -0.1) is 11.6 Å². The number of aromatic nitrogens is 4. The first-order chi connectivity index (χ1) is 10.3. The molecule has 0 unspecified atom stereocenters. The van der Waals surface area contributed by atoms with Crippen molar-refractivity contribution in [1.29, 1.82) is 0 Å². The molecule has 3 aromatic rings. The molecule has 0 radical (unpaired) electrons. The van der Waals surface area contributed by atoms with Crippen LogP contribution in [0.5, 0.6) is 0 Å². The van der Waals surface area contributed by atoms with Crippen LogP contribution in [0.3, 0.4) is 0 Å². The minimum atomic E-state index is 0.534. The highest BCUT2D eigenvalue weighted by Gasteiger charge is 2.12. The molecule has 6 heteroatoms. The first kappa shape index (κ1) is 14.3. The Hall–Kier alpha value is -1.65. The maximum Gasteiger partial charge on any atom is 0.160 e. The van der Waals surface area contributed by atoms with Crippen molar-refractivity contribution in [3.8, 4) is 0 Å². The monoisotopic (exact) mass is 320 g/mol. The second-order valence-corrected chi connectivity index (χ2v) is 5.53. The van der Waals surface area contributed by atoms with E-state index in [1.807, 2.05) is 18.2 Å². The Balaban J connectivity index is 1.93. The molecular formula is C15H14Cl2N4. The fraction of sp³-hybridized carbons (Fsp3) is 0.267. The van der Waals surface area contributed by atoms with Gasteiger partial charge in [-0.1, -0.05) is 11.6 Å². The Morgan fingerprint density at radius 3 is 2.71 bits per heavy atom. The fourth-order valence-electron chi connectivity index (χ4n) is 2.33. The van der Waals surface area contributed by atoms with Crippen molar-refractivity contribution in [3.05, 3.63) is 53.2 Å². The van der Waals surface area contributed by atoms with Gasteiger partial charge < -0.3 is 4.57 Å². The molecule has 0 N–H and O–H groups in total. The van der Waals surface area contributed by atoms with Gasteiger partial charge in [0, 0.05) is 37.4 Å². The summed E-state index contributed by atoms with van der Waals surface area (Å²) in [5.41, 5.74) is 2.91. The lowest BCUT2D eigenvalue weighted by atomic mass is 10.2. The third kappa shape index (κ3) is 3.17. The Labute approximate surface area is 132 Å².